The lowest BCUT2D eigenvalue weighted by Crippen LogP contribution is -2.43. The normalized spacial score (nSPS) is 15.2. The van der Waals surface area contributed by atoms with Crippen molar-refractivity contribution < 1.29 is 14.3 Å². The third kappa shape index (κ3) is 5.90. The summed E-state index contributed by atoms with van der Waals surface area (Å²) < 4.78 is 15.2. The number of aromatic nitrogens is 2. The van der Waals surface area contributed by atoms with Crippen LogP contribution in [0.5, 0.6) is 5.75 Å². The first-order valence-electron chi connectivity index (χ1n) is 10.2. The summed E-state index contributed by atoms with van der Waals surface area (Å²) in [6.07, 6.45) is 2.13. The van der Waals surface area contributed by atoms with E-state index in [9.17, 15) is 4.79 Å². The highest BCUT2D eigenvalue weighted by Gasteiger charge is 2.22. The van der Waals surface area contributed by atoms with Crippen LogP contribution in [0, 0.1) is 0 Å². The molecule has 1 fully saturated rings. The van der Waals surface area contributed by atoms with Crippen molar-refractivity contribution in [1.82, 2.24) is 14.3 Å². The number of carbonyl (C=O) groups excluding carboxylic acids is 1. The van der Waals surface area contributed by atoms with Gasteiger partial charge in [0.15, 0.2) is 0 Å². The van der Waals surface area contributed by atoms with E-state index < -0.39 is 0 Å². The van der Waals surface area contributed by atoms with Gasteiger partial charge in [-0.2, -0.15) is 4.37 Å². The van der Waals surface area contributed by atoms with Crippen molar-refractivity contribution in [3.8, 4) is 5.75 Å². The number of amides is 1. The van der Waals surface area contributed by atoms with Gasteiger partial charge < -0.3 is 19.3 Å². The van der Waals surface area contributed by atoms with Crippen LogP contribution in [-0.2, 0) is 16.0 Å². The van der Waals surface area contributed by atoms with Crippen LogP contribution in [0.2, 0.25) is 0 Å². The average Bonchev–Trinajstić information content (AvgIpc) is 3.22. The first-order valence-corrected chi connectivity index (χ1v) is 11.0. The van der Waals surface area contributed by atoms with E-state index in [1.807, 2.05) is 23.1 Å². The number of hydrogen-bond acceptors (Lipinski definition) is 7. The number of carbonyl (C=O) groups is 1. The minimum atomic E-state index is 0.183. The van der Waals surface area contributed by atoms with Gasteiger partial charge >= 0.3 is 0 Å². The third-order valence-corrected chi connectivity index (χ3v) is 6.04. The Kier molecular flexibility index (Phi) is 7.83. The fraction of sp³-hybridized carbons (Fsp3) is 0.571. The predicted octanol–water partition coefficient (Wildman–Crippen LogP) is 2.99. The Morgan fingerprint density at radius 2 is 2.17 bits per heavy atom. The summed E-state index contributed by atoms with van der Waals surface area (Å²) in [4.78, 5) is 21.4. The summed E-state index contributed by atoms with van der Waals surface area (Å²) in [6.45, 7) is 7.61. The molecule has 0 unspecified atom stereocenters. The van der Waals surface area contributed by atoms with Crippen LogP contribution < -0.4 is 9.64 Å². The van der Waals surface area contributed by atoms with Crippen molar-refractivity contribution in [2.45, 2.75) is 39.2 Å². The molecular weight excluding hydrogens is 388 g/mol. The van der Waals surface area contributed by atoms with Gasteiger partial charge in [0.05, 0.1) is 20.3 Å². The number of morpholine rings is 1. The Bertz CT molecular complexity index is 792. The predicted molar refractivity (Wildman–Crippen MR) is 115 cm³/mol. The van der Waals surface area contributed by atoms with E-state index in [1.54, 1.807) is 7.11 Å². The molecule has 2 heterocycles. The van der Waals surface area contributed by atoms with Gasteiger partial charge in [-0.1, -0.05) is 19.1 Å². The second-order valence-electron chi connectivity index (χ2n) is 7.22. The topological polar surface area (TPSA) is 67.8 Å². The highest BCUT2D eigenvalue weighted by Crippen LogP contribution is 2.23. The Morgan fingerprint density at radius 1 is 1.38 bits per heavy atom. The van der Waals surface area contributed by atoms with E-state index in [0.717, 1.165) is 28.7 Å². The molecule has 1 aromatic carbocycles. The summed E-state index contributed by atoms with van der Waals surface area (Å²) in [5.74, 6) is 1.81. The molecule has 0 saturated carbocycles. The summed E-state index contributed by atoms with van der Waals surface area (Å²) in [6, 6.07) is 8.26. The molecule has 1 saturated heterocycles. The van der Waals surface area contributed by atoms with Crippen LogP contribution in [0.15, 0.2) is 24.3 Å². The number of hydrogen-bond donors (Lipinski definition) is 0. The molecule has 2 aromatic rings. The molecule has 1 aliphatic rings. The zero-order valence-corrected chi connectivity index (χ0v) is 18.3. The molecule has 1 atom stereocenters. The van der Waals surface area contributed by atoms with Gasteiger partial charge in [-0.15, -0.1) is 0 Å². The summed E-state index contributed by atoms with van der Waals surface area (Å²) in [5.41, 5.74) is 1.12. The molecule has 1 amide bonds. The molecule has 3 rings (SSSR count). The largest absolute Gasteiger partial charge is 0.497 e. The molecule has 0 bridgehead atoms. The highest BCUT2D eigenvalue weighted by atomic mass is 32.1. The molecule has 0 radical (unpaired) electrons. The summed E-state index contributed by atoms with van der Waals surface area (Å²) in [7, 11) is 1.67. The molecule has 0 aliphatic carbocycles. The Hall–Kier alpha value is -2.19. The van der Waals surface area contributed by atoms with Gasteiger partial charge in [-0.25, -0.2) is 4.98 Å². The number of rotatable bonds is 9. The maximum absolute atomic E-state index is 12.6. The lowest BCUT2D eigenvalue weighted by molar-refractivity contribution is -0.135. The molecule has 29 heavy (non-hydrogen) atoms. The van der Waals surface area contributed by atoms with Gasteiger partial charge in [-0.05, 0) is 31.0 Å². The summed E-state index contributed by atoms with van der Waals surface area (Å²) in [5, 5.41) is 0.882. The minimum Gasteiger partial charge on any atom is -0.497 e. The maximum atomic E-state index is 12.6. The van der Waals surface area contributed by atoms with Crippen LogP contribution in [0.1, 0.15) is 38.1 Å². The molecule has 1 aromatic heterocycles. The van der Waals surface area contributed by atoms with Gasteiger partial charge in [-0.3, -0.25) is 4.79 Å². The average molecular weight is 419 g/mol. The lowest BCUT2D eigenvalue weighted by Gasteiger charge is -2.30. The van der Waals surface area contributed by atoms with E-state index >= 15 is 0 Å². The monoisotopic (exact) mass is 418 g/mol. The van der Waals surface area contributed by atoms with E-state index in [1.165, 1.54) is 11.5 Å². The van der Waals surface area contributed by atoms with Gasteiger partial charge in [0.25, 0.3) is 0 Å². The second kappa shape index (κ2) is 10.5. The standard InChI is InChI=1S/C21H30N4O3S/c1-4-16(2)25(9-8-20(26)24-10-12-28-13-11-24)21-22-19(23-29-21)15-17-6-5-7-18(14-17)27-3/h5-7,14,16H,4,8-13,15H2,1-3H3/t16-/m1/s1. The first-order chi connectivity index (χ1) is 14.1. The van der Waals surface area contributed by atoms with Gasteiger partial charge in [0, 0.05) is 50.1 Å². The Labute approximate surface area is 176 Å². The third-order valence-electron chi connectivity index (χ3n) is 5.25. The molecular formula is C21H30N4O3S. The fourth-order valence-corrected chi connectivity index (χ4v) is 4.12. The van der Waals surface area contributed by atoms with Crippen LogP contribution in [0.3, 0.4) is 0 Å². The van der Waals surface area contributed by atoms with Crippen LogP contribution in [0.4, 0.5) is 5.13 Å². The Balaban J connectivity index is 1.64. The van der Waals surface area contributed by atoms with Crippen molar-refractivity contribution in [2.75, 3.05) is 44.9 Å². The fourth-order valence-electron chi connectivity index (χ4n) is 3.31. The first kappa shape index (κ1) is 21.5. The Morgan fingerprint density at radius 3 is 2.90 bits per heavy atom. The highest BCUT2D eigenvalue weighted by molar-refractivity contribution is 7.09. The number of ether oxygens (including phenoxy) is 2. The van der Waals surface area contributed by atoms with Crippen molar-refractivity contribution in [2.24, 2.45) is 0 Å². The summed E-state index contributed by atoms with van der Waals surface area (Å²) >= 11 is 1.41. The van der Waals surface area contributed by atoms with E-state index in [-0.39, 0.29) is 5.91 Å². The molecule has 0 spiro atoms. The van der Waals surface area contributed by atoms with Crippen molar-refractivity contribution in [3.05, 3.63) is 35.7 Å². The molecule has 8 heteroatoms. The van der Waals surface area contributed by atoms with Crippen molar-refractivity contribution in [1.29, 1.82) is 0 Å². The van der Waals surface area contributed by atoms with Crippen molar-refractivity contribution in [3.63, 3.8) is 0 Å². The van der Waals surface area contributed by atoms with Crippen molar-refractivity contribution >= 4 is 22.6 Å². The van der Waals surface area contributed by atoms with E-state index in [0.29, 0.717) is 51.7 Å². The number of benzene rings is 1. The SMILES string of the molecule is CC[C@@H](C)N(CCC(=O)N1CCOCC1)c1nc(Cc2cccc(OC)c2)ns1. The smallest absolute Gasteiger partial charge is 0.224 e. The van der Waals surface area contributed by atoms with Gasteiger partial charge in [0.2, 0.25) is 11.0 Å². The number of methoxy groups -OCH3 is 1. The molecule has 7 nitrogen and oxygen atoms in total. The van der Waals surface area contributed by atoms with Crippen LogP contribution in [-0.4, -0.2) is 66.2 Å². The molecule has 1 aliphatic heterocycles. The zero-order valence-electron chi connectivity index (χ0n) is 17.5. The number of anilines is 1. The van der Waals surface area contributed by atoms with Crippen LogP contribution in [0.25, 0.3) is 0 Å². The maximum Gasteiger partial charge on any atom is 0.224 e. The van der Waals surface area contributed by atoms with E-state index in [4.69, 9.17) is 14.5 Å². The number of nitrogens with zero attached hydrogens (tertiary/aromatic N) is 4. The van der Waals surface area contributed by atoms with Gasteiger partial charge in [0.1, 0.15) is 11.6 Å². The zero-order chi connectivity index (χ0) is 20.6. The second-order valence-corrected chi connectivity index (χ2v) is 7.95. The lowest BCUT2D eigenvalue weighted by atomic mass is 10.1. The van der Waals surface area contributed by atoms with Crippen LogP contribution >= 0.6 is 11.5 Å². The minimum absolute atomic E-state index is 0.183. The molecule has 0 N–H and O–H groups in total. The quantitative estimate of drug-likeness (QED) is 0.624. The van der Waals surface area contributed by atoms with E-state index in [2.05, 4.69) is 29.2 Å². The molecule has 158 valence electrons.